The average Bonchev–Trinajstić information content (AvgIpc) is 3.24. The lowest BCUT2D eigenvalue weighted by molar-refractivity contribution is -0.123. The van der Waals surface area contributed by atoms with Gasteiger partial charge >= 0.3 is 0 Å². The number of unbranched alkanes of at least 4 members (excludes halogenated alkanes) is 2. The topological polar surface area (TPSA) is 65.4 Å². The minimum Gasteiger partial charge on any atom is -0.491 e. The maximum atomic E-state index is 12.0. The summed E-state index contributed by atoms with van der Waals surface area (Å²) in [6.07, 6.45) is 3.85. The van der Waals surface area contributed by atoms with Gasteiger partial charge in [-0.1, -0.05) is 55.0 Å². The van der Waals surface area contributed by atoms with Gasteiger partial charge in [0.2, 0.25) is 0 Å². The van der Waals surface area contributed by atoms with Crippen LogP contribution in [0, 0.1) is 6.92 Å². The molecule has 0 aliphatic heterocycles. The van der Waals surface area contributed by atoms with Gasteiger partial charge in [-0.25, -0.2) is 4.98 Å². The zero-order valence-electron chi connectivity index (χ0n) is 20.3. The van der Waals surface area contributed by atoms with E-state index in [2.05, 4.69) is 41.1 Å². The van der Waals surface area contributed by atoms with Crippen LogP contribution in [-0.4, -0.2) is 35.2 Å². The van der Waals surface area contributed by atoms with E-state index in [1.165, 1.54) is 0 Å². The number of para-hydroxylation sites is 4. The molecule has 35 heavy (non-hydrogen) atoms. The number of benzene rings is 3. The number of hydrogen-bond acceptors (Lipinski definition) is 4. The third-order valence-electron chi connectivity index (χ3n) is 5.91. The van der Waals surface area contributed by atoms with Crippen LogP contribution in [0.1, 0.15) is 30.7 Å². The molecule has 1 amide bonds. The molecule has 0 bridgehead atoms. The molecular formula is C29H33N3O3. The second kappa shape index (κ2) is 12.6. The second-order valence-electron chi connectivity index (χ2n) is 8.54. The number of nitrogens with one attached hydrogen (secondary N) is 1. The number of carbonyl (C=O) groups excluding carboxylic acids is 1. The molecular weight excluding hydrogens is 438 g/mol. The van der Waals surface area contributed by atoms with Gasteiger partial charge in [0.15, 0.2) is 6.61 Å². The summed E-state index contributed by atoms with van der Waals surface area (Å²) in [4.78, 5) is 16.9. The molecule has 0 spiro atoms. The summed E-state index contributed by atoms with van der Waals surface area (Å²) >= 11 is 0. The Morgan fingerprint density at radius 1 is 0.886 bits per heavy atom. The Bertz CT molecular complexity index is 1220. The zero-order valence-corrected chi connectivity index (χ0v) is 20.3. The standard InChI is InChI=1S/C29H33N3O3/c1-23-12-7-10-17-27(23)34-21-20-32-26-16-9-8-15-25(26)31-28(32)18-6-3-11-19-30-29(33)22-35-24-13-4-2-5-14-24/h2,4-5,7-10,12-17H,3,6,11,18-22H2,1H3,(H,30,33). The molecule has 6 heteroatoms. The summed E-state index contributed by atoms with van der Waals surface area (Å²) in [6.45, 7) is 4.10. The van der Waals surface area contributed by atoms with Gasteiger partial charge in [-0.05, 0) is 55.7 Å². The zero-order chi connectivity index (χ0) is 24.3. The van der Waals surface area contributed by atoms with Crippen molar-refractivity contribution in [1.29, 1.82) is 0 Å². The fourth-order valence-corrected chi connectivity index (χ4v) is 4.06. The molecule has 1 heterocycles. The van der Waals surface area contributed by atoms with Crippen molar-refractivity contribution in [2.75, 3.05) is 19.8 Å². The molecule has 182 valence electrons. The molecule has 0 aliphatic carbocycles. The molecule has 3 aromatic carbocycles. The molecule has 4 aromatic rings. The Morgan fingerprint density at radius 2 is 1.66 bits per heavy atom. The molecule has 0 radical (unpaired) electrons. The molecule has 0 aliphatic rings. The molecule has 0 unspecified atom stereocenters. The van der Waals surface area contributed by atoms with Crippen LogP contribution in [0.4, 0.5) is 0 Å². The van der Waals surface area contributed by atoms with Crippen LogP contribution < -0.4 is 14.8 Å². The Balaban J connectivity index is 1.21. The van der Waals surface area contributed by atoms with E-state index in [1.54, 1.807) is 0 Å². The highest BCUT2D eigenvalue weighted by Gasteiger charge is 2.11. The number of ether oxygens (including phenoxy) is 2. The van der Waals surface area contributed by atoms with Crippen molar-refractivity contribution in [3.63, 3.8) is 0 Å². The maximum absolute atomic E-state index is 12.0. The minimum atomic E-state index is -0.0932. The van der Waals surface area contributed by atoms with Crippen molar-refractivity contribution in [1.82, 2.24) is 14.9 Å². The quantitative estimate of drug-likeness (QED) is 0.268. The van der Waals surface area contributed by atoms with E-state index in [0.29, 0.717) is 18.9 Å². The lowest BCUT2D eigenvalue weighted by atomic mass is 10.2. The van der Waals surface area contributed by atoms with E-state index in [9.17, 15) is 4.79 Å². The van der Waals surface area contributed by atoms with Gasteiger partial charge in [0.05, 0.1) is 17.6 Å². The molecule has 1 aromatic heterocycles. The summed E-state index contributed by atoms with van der Waals surface area (Å²) < 4.78 is 13.8. The van der Waals surface area contributed by atoms with Gasteiger partial charge in [0.25, 0.3) is 5.91 Å². The molecule has 0 saturated heterocycles. The van der Waals surface area contributed by atoms with E-state index in [1.807, 2.05) is 54.6 Å². The number of imidazole rings is 1. The van der Waals surface area contributed by atoms with Gasteiger partial charge in [-0.2, -0.15) is 0 Å². The molecule has 0 atom stereocenters. The Kier molecular flexibility index (Phi) is 8.76. The van der Waals surface area contributed by atoms with Crippen molar-refractivity contribution in [2.24, 2.45) is 0 Å². The number of amides is 1. The number of nitrogens with zero attached hydrogens (tertiary/aromatic N) is 2. The van der Waals surface area contributed by atoms with E-state index in [-0.39, 0.29) is 12.5 Å². The third kappa shape index (κ3) is 7.09. The van der Waals surface area contributed by atoms with Crippen LogP contribution in [0.3, 0.4) is 0 Å². The Morgan fingerprint density at radius 3 is 2.51 bits per heavy atom. The highest BCUT2D eigenvalue weighted by Crippen LogP contribution is 2.20. The lowest BCUT2D eigenvalue weighted by Gasteiger charge is -2.12. The fraction of sp³-hybridized carbons (Fsp3) is 0.310. The maximum Gasteiger partial charge on any atom is 0.257 e. The number of hydrogen-bond donors (Lipinski definition) is 1. The molecule has 0 saturated carbocycles. The van der Waals surface area contributed by atoms with E-state index < -0.39 is 0 Å². The van der Waals surface area contributed by atoms with Crippen molar-refractivity contribution in [3.8, 4) is 11.5 Å². The highest BCUT2D eigenvalue weighted by atomic mass is 16.5. The summed E-state index contributed by atoms with van der Waals surface area (Å²) in [5.41, 5.74) is 3.30. The van der Waals surface area contributed by atoms with E-state index >= 15 is 0 Å². The first kappa shape index (κ1) is 24.3. The Hall–Kier alpha value is -3.80. The monoisotopic (exact) mass is 471 g/mol. The first-order chi connectivity index (χ1) is 17.2. The number of carbonyl (C=O) groups is 1. The van der Waals surface area contributed by atoms with Gasteiger partial charge < -0.3 is 19.4 Å². The highest BCUT2D eigenvalue weighted by molar-refractivity contribution is 5.77. The van der Waals surface area contributed by atoms with Crippen molar-refractivity contribution < 1.29 is 14.3 Å². The van der Waals surface area contributed by atoms with Gasteiger partial charge in [-0.3, -0.25) is 4.79 Å². The van der Waals surface area contributed by atoms with E-state index in [4.69, 9.17) is 14.5 Å². The molecule has 4 rings (SSSR count). The smallest absolute Gasteiger partial charge is 0.257 e. The van der Waals surface area contributed by atoms with Crippen LogP contribution in [0.2, 0.25) is 0 Å². The second-order valence-corrected chi connectivity index (χ2v) is 8.54. The van der Waals surface area contributed by atoms with Crippen LogP contribution in [0.5, 0.6) is 11.5 Å². The van der Waals surface area contributed by atoms with Crippen LogP contribution in [0.15, 0.2) is 78.9 Å². The SMILES string of the molecule is Cc1ccccc1OCCn1c(CCCCCNC(=O)COc2ccccc2)nc2ccccc21. The van der Waals surface area contributed by atoms with Crippen LogP contribution in [0.25, 0.3) is 11.0 Å². The van der Waals surface area contributed by atoms with Crippen LogP contribution in [-0.2, 0) is 17.8 Å². The molecule has 6 nitrogen and oxygen atoms in total. The Labute approximate surface area is 206 Å². The number of aromatic nitrogens is 2. The number of rotatable bonds is 13. The summed E-state index contributed by atoms with van der Waals surface area (Å²) in [6, 6.07) is 25.7. The number of aryl methyl sites for hydroxylation is 2. The summed E-state index contributed by atoms with van der Waals surface area (Å²) in [7, 11) is 0. The van der Waals surface area contributed by atoms with Crippen LogP contribution >= 0.6 is 0 Å². The number of fused-ring (bicyclic) bond motifs is 1. The van der Waals surface area contributed by atoms with Gasteiger partial charge in [0, 0.05) is 13.0 Å². The summed E-state index contributed by atoms with van der Waals surface area (Å²) in [5, 5.41) is 2.93. The summed E-state index contributed by atoms with van der Waals surface area (Å²) in [5.74, 6) is 2.62. The predicted octanol–water partition coefficient (Wildman–Crippen LogP) is 5.33. The lowest BCUT2D eigenvalue weighted by Crippen LogP contribution is -2.29. The van der Waals surface area contributed by atoms with Gasteiger partial charge in [0.1, 0.15) is 23.9 Å². The van der Waals surface area contributed by atoms with E-state index in [0.717, 1.165) is 60.4 Å². The van der Waals surface area contributed by atoms with Gasteiger partial charge in [-0.15, -0.1) is 0 Å². The average molecular weight is 472 g/mol. The normalized spacial score (nSPS) is 10.9. The van der Waals surface area contributed by atoms with Crippen molar-refractivity contribution in [3.05, 3.63) is 90.3 Å². The first-order valence-electron chi connectivity index (χ1n) is 12.3. The van der Waals surface area contributed by atoms with Crippen molar-refractivity contribution in [2.45, 2.75) is 39.2 Å². The van der Waals surface area contributed by atoms with Crippen molar-refractivity contribution >= 4 is 16.9 Å². The molecule has 1 N–H and O–H groups in total. The first-order valence-corrected chi connectivity index (χ1v) is 12.3. The largest absolute Gasteiger partial charge is 0.491 e. The predicted molar refractivity (Wildman–Crippen MR) is 139 cm³/mol. The fourth-order valence-electron chi connectivity index (χ4n) is 4.06. The minimum absolute atomic E-state index is 0.0403. The third-order valence-corrected chi connectivity index (χ3v) is 5.91. The molecule has 0 fully saturated rings.